The molecule has 2 heteroatoms. The number of rotatable bonds is 2. The van der Waals surface area contributed by atoms with Gasteiger partial charge < -0.3 is 10.9 Å². The van der Waals surface area contributed by atoms with Gasteiger partial charge in [0.2, 0.25) is 0 Å². The zero-order valence-corrected chi connectivity index (χ0v) is 4.81. The molecule has 7 heavy (non-hydrogen) atoms. The lowest BCUT2D eigenvalue weighted by molar-refractivity contribution is 0.133. The van der Waals surface area contributed by atoms with Crippen LogP contribution in [-0.2, 0) is 4.74 Å². The fraction of sp³-hybridized carbons (Fsp3) is 1.00. The highest BCUT2D eigenvalue weighted by atomic mass is 16.5. The lowest BCUT2D eigenvalue weighted by atomic mass is 10.8. The van der Waals surface area contributed by atoms with E-state index in [1.165, 1.54) is 12.8 Å². The van der Waals surface area contributed by atoms with Gasteiger partial charge in [-0.05, 0) is 19.8 Å². The van der Waals surface area contributed by atoms with E-state index < -0.39 is 0 Å². The van der Waals surface area contributed by atoms with E-state index in [1.54, 1.807) is 0 Å². The first-order valence-corrected chi connectivity index (χ1v) is 2.55. The normalized spacial score (nSPS) is 18.4. The molecule has 1 aliphatic carbocycles. The van der Waals surface area contributed by atoms with Gasteiger partial charge in [-0.15, -0.1) is 0 Å². The fourth-order valence-corrected chi connectivity index (χ4v) is 0.470. The molecular formula is C5H13NO. The summed E-state index contributed by atoms with van der Waals surface area (Å²) in [7, 11) is 0. The Kier molecular flexibility index (Phi) is 2.96. The number of hydrogen-bond donors (Lipinski definition) is 1. The van der Waals surface area contributed by atoms with Crippen LogP contribution in [0, 0.1) is 0 Å². The van der Waals surface area contributed by atoms with E-state index >= 15 is 0 Å². The van der Waals surface area contributed by atoms with Crippen molar-refractivity contribution in [3.05, 3.63) is 0 Å². The summed E-state index contributed by atoms with van der Waals surface area (Å²) in [5.41, 5.74) is 0. The molecule has 0 heterocycles. The second kappa shape index (κ2) is 2.99. The Morgan fingerprint density at radius 1 is 1.57 bits per heavy atom. The average molecular weight is 103 g/mol. The standard InChI is InChI=1S/C5H10O.H3N/c1-2-6-5-3-4-5;/h5H,2-4H2,1H3;1H3. The van der Waals surface area contributed by atoms with Gasteiger partial charge in [-0.3, -0.25) is 0 Å². The largest absolute Gasteiger partial charge is 0.379 e. The van der Waals surface area contributed by atoms with E-state index in [0.29, 0.717) is 6.10 Å². The molecule has 1 fully saturated rings. The summed E-state index contributed by atoms with van der Waals surface area (Å²) in [5, 5.41) is 0. The third-order valence-corrected chi connectivity index (χ3v) is 0.927. The average Bonchev–Trinajstić information content (AvgIpc) is 2.21. The molecule has 0 unspecified atom stereocenters. The SMILES string of the molecule is CCOC1CC1.N. The molecule has 0 aromatic rings. The van der Waals surface area contributed by atoms with Gasteiger partial charge in [-0.1, -0.05) is 0 Å². The monoisotopic (exact) mass is 103 g/mol. The molecule has 0 aliphatic heterocycles. The maximum absolute atomic E-state index is 5.15. The minimum Gasteiger partial charge on any atom is -0.379 e. The molecule has 1 saturated carbocycles. The second-order valence-corrected chi connectivity index (χ2v) is 1.65. The molecule has 44 valence electrons. The Morgan fingerprint density at radius 2 is 2.14 bits per heavy atom. The number of hydrogen-bond acceptors (Lipinski definition) is 2. The van der Waals surface area contributed by atoms with Gasteiger partial charge in [0, 0.05) is 6.61 Å². The van der Waals surface area contributed by atoms with E-state index in [9.17, 15) is 0 Å². The van der Waals surface area contributed by atoms with Crippen LogP contribution in [-0.4, -0.2) is 12.7 Å². The van der Waals surface area contributed by atoms with Crippen molar-refractivity contribution in [1.82, 2.24) is 6.15 Å². The van der Waals surface area contributed by atoms with E-state index in [2.05, 4.69) is 0 Å². The highest BCUT2D eigenvalue weighted by Gasteiger charge is 2.20. The molecule has 0 atom stereocenters. The van der Waals surface area contributed by atoms with Crippen LogP contribution in [0.4, 0.5) is 0 Å². The Morgan fingerprint density at radius 3 is 2.29 bits per heavy atom. The Bertz CT molecular complexity index is 43.3. The van der Waals surface area contributed by atoms with Crippen LogP contribution >= 0.6 is 0 Å². The number of ether oxygens (including phenoxy) is 1. The lowest BCUT2D eigenvalue weighted by Gasteiger charge is -1.89. The predicted molar refractivity (Wildman–Crippen MR) is 29.7 cm³/mol. The van der Waals surface area contributed by atoms with Crippen molar-refractivity contribution in [1.29, 1.82) is 0 Å². The Balaban J connectivity index is 0.000000360. The molecule has 0 saturated heterocycles. The highest BCUT2D eigenvalue weighted by molar-refractivity contribution is 4.72. The molecule has 0 aromatic carbocycles. The summed E-state index contributed by atoms with van der Waals surface area (Å²) < 4.78 is 5.15. The third kappa shape index (κ3) is 2.60. The molecule has 0 radical (unpaired) electrons. The first kappa shape index (κ1) is 6.92. The van der Waals surface area contributed by atoms with Crippen molar-refractivity contribution in [2.75, 3.05) is 6.61 Å². The van der Waals surface area contributed by atoms with Gasteiger partial charge in [-0.2, -0.15) is 0 Å². The molecule has 0 bridgehead atoms. The smallest absolute Gasteiger partial charge is 0.0576 e. The third-order valence-electron chi connectivity index (χ3n) is 0.927. The van der Waals surface area contributed by atoms with Crippen LogP contribution < -0.4 is 6.15 Å². The highest BCUT2D eigenvalue weighted by Crippen LogP contribution is 2.22. The van der Waals surface area contributed by atoms with Gasteiger partial charge in [0.25, 0.3) is 0 Å². The summed E-state index contributed by atoms with van der Waals surface area (Å²) in [4.78, 5) is 0. The van der Waals surface area contributed by atoms with Gasteiger partial charge in [0.05, 0.1) is 6.10 Å². The van der Waals surface area contributed by atoms with Gasteiger partial charge in [0.1, 0.15) is 0 Å². The zero-order valence-electron chi connectivity index (χ0n) is 4.81. The van der Waals surface area contributed by atoms with Crippen molar-refractivity contribution >= 4 is 0 Å². The minimum atomic E-state index is 0. The van der Waals surface area contributed by atoms with Gasteiger partial charge >= 0.3 is 0 Å². The molecule has 0 aromatic heterocycles. The second-order valence-electron chi connectivity index (χ2n) is 1.65. The first-order valence-electron chi connectivity index (χ1n) is 2.55. The molecule has 2 nitrogen and oxygen atoms in total. The fourth-order valence-electron chi connectivity index (χ4n) is 0.470. The molecule has 1 rings (SSSR count). The molecule has 0 amide bonds. The molecule has 1 aliphatic rings. The van der Waals surface area contributed by atoms with Crippen LogP contribution in [0.2, 0.25) is 0 Å². The van der Waals surface area contributed by atoms with Crippen LogP contribution in [0.15, 0.2) is 0 Å². The van der Waals surface area contributed by atoms with Gasteiger partial charge in [0.15, 0.2) is 0 Å². The summed E-state index contributed by atoms with van der Waals surface area (Å²) in [6.45, 7) is 2.93. The van der Waals surface area contributed by atoms with Crippen molar-refractivity contribution < 1.29 is 4.74 Å². The van der Waals surface area contributed by atoms with Crippen LogP contribution in [0.3, 0.4) is 0 Å². The maximum atomic E-state index is 5.15. The van der Waals surface area contributed by atoms with E-state index in [0.717, 1.165) is 6.61 Å². The Hall–Kier alpha value is -0.0800. The molecule has 0 spiro atoms. The lowest BCUT2D eigenvalue weighted by Crippen LogP contribution is -1.89. The Labute approximate surface area is 44.4 Å². The summed E-state index contributed by atoms with van der Waals surface area (Å²) in [6.07, 6.45) is 3.25. The molecular weight excluding hydrogens is 90.1 g/mol. The summed E-state index contributed by atoms with van der Waals surface area (Å²) in [5.74, 6) is 0. The summed E-state index contributed by atoms with van der Waals surface area (Å²) in [6, 6.07) is 0. The molecule has 3 N–H and O–H groups in total. The van der Waals surface area contributed by atoms with Crippen molar-refractivity contribution in [3.63, 3.8) is 0 Å². The first-order chi connectivity index (χ1) is 2.93. The van der Waals surface area contributed by atoms with Crippen molar-refractivity contribution in [2.24, 2.45) is 0 Å². The van der Waals surface area contributed by atoms with Crippen molar-refractivity contribution in [3.8, 4) is 0 Å². The predicted octanol–water partition coefficient (Wildman–Crippen LogP) is 1.35. The van der Waals surface area contributed by atoms with Crippen molar-refractivity contribution in [2.45, 2.75) is 25.9 Å². The topological polar surface area (TPSA) is 44.2 Å². The maximum Gasteiger partial charge on any atom is 0.0576 e. The van der Waals surface area contributed by atoms with Gasteiger partial charge in [-0.25, -0.2) is 0 Å². The van der Waals surface area contributed by atoms with Crippen LogP contribution in [0.5, 0.6) is 0 Å². The van der Waals surface area contributed by atoms with E-state index in [-0.39, 0.29) is 6.15 Å². The van der Waals surface area contributed by atoms with Crippen LogP contribution in [0.25, 0.3) is 0 Å². The summed E-state index contributed by atoms with van der Waals surface area (Å²) >= 11 is 0. The minimum absolute atomic E-state index is 0. The van der Waals surface area contributed by atoms with E-state index in [4.69, 9.17) is 4.74 Å². The quantitative estimate of drug-likeness (QED) is 0.573. The van der Waals surface area contributed by atoms with Crippen LogP contribution in [0.1, 0.15) is 19.8 Å². The van der Waals surface area contributed by atoms with E-state index in [1.807, 2.05) is 6.92 Å². The zero-order chi connectivity index (χ0) is 4.41.